The SMILES string of the molecule is CC1(C)c2ccccc2-c2c(N(c3cccc(-c4ccccc4)c3)C3C=Cc4sc5ccc6ccccc6c5c4C3)cccc21. The first-order valence-corrected chi connectivity index (χ1v) is 16.7. The molecule has 1 nitrogen and oxygen atoms in total. The molecule has 0 bridgehead atoms. The number of fused-ring (bicyclic) bond motifs is 8. The van der Waals surface area contributed by atoms with Gasteiger partial charge in [0.1, 0.15) is 0 Å². The number of benzene rings is 6. The van der Waals surface area contributed by atoms with Gasteiger partial charge in [-0.3, -0.25) is 0 Å². The second-order valence-corrected chi connectivity index (χ2v) is 14.0. The molecule has 216 valence electrons. The van der Waals surface area contributed by atoms with Crippen LogP contribution in [0.5, 0.6) is 0 Å². The van der Waals surface area contributed by atoms with Crippen molar-refractivity contribution in [3.8, 4) is 22.3 Å². The number of anilines is 2. The van der Waals surface area contributed by atoms with Gasteiger partial charge in [-0.25, -0.2) is 0 Å². The molecule has 0 saturated heterocycles. The van der Waals surface area contributed by atoms with E-state index in [1.54, 1.807) is 0 Å². The average molecular weight is 596 g/mol. The normalized spacial score (nSPS) is 16.0. The van der Waals surface area contributed by atoms with Crippen LogP contribution in [0.3, 0.4) is 0 Å². The van der Waals surface area contributed by atoms with E-state index >= 15 is 0 Å². The molecule has 2 heteroatoms. The first kappa shape index (κ1) is 26.5. The van der Waals surface area contributed by atoms with E-state index in [0.29, 0.717) is 0 Å². The standard InChI is InChI=1S/C43H33NS/c1-43(2)36-19-9-8-18-34(36)42-37(43)20-11-21-38(42)44(31-16-10-15-30(26-31)28-12-4-3-5-13-28)32-23-25-39-35(27-32)41-33-17-7-6-14-29(33)22-24-40(41)45-39/h3-26,32H,27H2,1-2H3. The summed E-state index contributed by atoms with van der Waals surface area (Å²) < 4.78 is 1.37. The van der Waals surface area contributed by atoms with Crippen molar-refractivity contribution in [3.63, 3.8) is 0 Å². The minimum Gasteiger partial charge on any atom is -0.334 e. The van der Waals surface area contributed by atoms with Crippen LogP contribution < -0.4 is 4.90 Å². The third-order valence-corrected chi connectivity index (χ3v) is 11.2. The zero-order valence-electron chi connectivity index (χ0n) is 25.5. The molecule has 1 aromatic heterocycles. The highest BCUT2D eigenvalue weighted by atomic mass is 32.1. The maximum absolute atomic E-state index is 2.62. The van der Waals surface area contributed by atoms with E-state index in [1.165, 1.54) is 76.1 Å². The van der Waals surface area contributed by atoms with Gasteiger partial charge >= 0.3 is 0 Å². The Morgan fingerprint density at radius 3 is 2.36 bits per heavy atom. The van der Waals surface area contributed by atoms with Crippen LogP contribution in [0, 0.1) is 0 Å². The van der Waals surface area contributed by atoms with E-state index in [9.17, 15) is 0 Å². The molecule has 1 heterocycles. The molecule has 9 rings (SSSR count). The van der Waals surface area contributed by atoms with Crippen molar-refractivity contribution in [1.29, 1.82) is 0 Å². The first-order chi connectivity index (χ1) is 22.1. The summed E-state index contributed by atoms with van der Waals surface area (Å²) in [7, 11) is 0. The van der Waals surface area contributed by atoms with E-state index in [0.717, 1.165) is 6.42 Å². The molecule has 0 N–H and O–H groups in total. The lowest BCUT2D eigenvalue weighted by molar-refractivity contribution is 0.660. The first-order valence-electron chi connectivity index (χ1n) is 15.9. The molecular formula is C43H33NS. The second-order valence-electron chi connectivity index (χ2n) is 12.9. The van der Waals surface area contributed by atoms with Gasteiger partial charge in [-0.2, -0.15) is 0 Å². The number of rotatable bonds is 4. The quantitative estimate of drug-likeness (QED) is 0.196. The van der Waals surface area contributed by atoms with Crippen molar-refractivity contribution in [2.45, 2.75) is 31.7 Å². The van der Waals surface area contributed by atoms with Gasteiger partial charge in [0.25, 0.3) is 0 Å². The Morgan fingerprint density at radius 2 is 1.44 bits per heavy atom. The minimum atomic E-state index is -0.0580. The zero-order chi connectivity index (χ0) is 30.1. The van der Waals surface area contributed by atoms with Crippen molar-refractivity contribution in [1.82, 2.24) is 0 Å². The smallest absolute Gasteiger partial charge is 0.0567 e. The van der Waals surface area contributed by atoms with Crippen molar-refractivity contribution in [2.24, 2.45) is 0 Å². The Labute approximate surface area is 268 Å². The fourth-order valence-electron chi connectivity index (χ4n) is 7.85. The molecule has 6 aromatic carbocycles. The molecule has 0 radical (unpaired) electrons. The Morgan fingerprint density at radius 1 is 0.689 bits per heavy atom. The Hall–Kier alpha value is -4.92. The summed E-state index contributed by atoms with van der Waals surface area (Å²) in [6.45, 7) is 4.74. The Balaban J connectivity index is 1.26. The van der Waals surface area contributed by atoms with Crippen molar-refractivity contribution in [3.05, 3.63) is 161 Å². The maximum atomic E-state index is 2.62. The fourth-order valence-corrected chi connectivity index (χ4v) is 9.02. The van der Waals surface area contributed by atoms with Gasteiger partial charge < -0.3 is 4.90 Å². The van der Waals surface area contributed by atoms with E-state index < -0.39 is 0 Å². The maximum Gasteiger partial charge on any atom is 0.0567 e. The summed E-state index contributed by atoms with van der Waals surface area (Å²) >= 11 is 1.92. The van der Waals surface area contributed by atoms with E-state index in [1.807, 2.05) is 11.3 Å². The number of thiophene rings is 1. The molecule has 2 aliphatic carbocycles. The summed E-state index contributed by atoms with van der Waals surface area (Å²) in [6, 6.07) is 49.4. The molecular weight excluding hydrogens is 563 g/mol. The van der Waals surface area contributed by atoms with Crippen LogP contribution in [0.1, 0.15) is 35.4 Å². The number of hydrogen-bond acceptors (Lipinski definition) is 2. The third-order valence-electron chi connectivity index (χ3n) is 10.0. The molecule has 0 saturated carbocycles. The number of hydrogen-bond donors (Lipinski definition) is 0. The highest BCUT2D eigenvalue weighted by Gasteiger charge is 2.38. The van der Waals surface area contributed by atoms with Gasteiger partial charge in [0.2, 0.25) is 0 Å². The fraction of sp³-hybridized carbons (Fsp3) is 0.116. The van der Waals surface area contributed by atoms with Crippen molar-refractivity contribution in [2.75, 3.05) is 4.90 Å². The second kappa shape index (κ2) is 10.1. The number of nitrogens with zero attached hydrogens (tertiary/aromatic N) is 1. The summed E-state index contributed by atoms with van der Waals surface area (Å²) in [5.74, 6) is 0. The molecule has 7 aromatic rings. The van der Waals surface area contributed by atoms with Crippen LogP contribution in [0.15, 0.2) is 140 Å². The monoisotopic (exact) mass is 595 g/mol. The summed E-state index contributed by atoms with van der Waals surface area (Å²) in [5.41, 5.74) is 11.9. The van der Waals surface area contributed by atoms with Crippen molar-refractivity contribution >= 4 is 49.6 Å². The van der Waals surface area contributed by atoms with Gasteiger partial charge in [0, 0.05) is 37.3 Å². The van der Waals surface area contributed by atoms with Gasteiger partial charge in [0.05, 0.1) is 6.04 Å². The zero-order valence-corrected chi connectivity index (χ0v) is 26.3. The van der Waals surface area contributed by atoms with Gasteiger partial charge in [-0.05, 0) is 80.9 Å². The predicted octanol–water partition coefficient (Wildman–Crippen LogP) is 11.8. The van der Waals surface area contributed by atoms with Crippen LogP contribution in [0.4, 0.5) is 11.4 Å². The Kier molecular flexibility index (Phi) is 5.92. The lowest BCUT2D eigenvalue weighted by Crippen LogP contribution is -2.33. The van der Waals surface area contributed by atoms with Crippen molar-refractivity contribution < 1.29 is 0 Å². The van der Waals surface area contributed by atoms with Crippen LogP contribution in [-0.4, -0.2) is 6.04 Å². The van der Waals surface area contributed by atoms with Gasteiger partial charge in [0.15, 0.2) is 0 Å². The molecule has 1 unspecified atom stereocenters. The Bertz CT molecular complexity index is 2290. The van der Waals surface area contributed by atoms with Gasteiger partial charge in [-0.15, -0.1) is 11.3 Å². The predicted molar refractivity (Wildman–Crippen MR) is 194 cm³/mol. The molecule has 0 amide bonds. The van der Waals surface area contributed by atoms with E-state index in [-0.39, 0.29) is 11.5 Å². The lowest BCUT2D eigenvalue weighted by Gasteiger charge is -2.36. The molecule has 45 heavy (non-hydrogen) atoms. The summed E-state index contributed by atoms with van der Waals surface area (Å²) in [6.07, 6.45) is 5.78. The van der Waals surface area contributed by atoms with Crippen LogP contribution in [0.2, 0.25) is 0 Å². The molecule has 0 fully saturated rings. The van der Waals surface area contributed by atoms with Crippen LogP contribution in [-0.2, 0) is 11.8 Å². The van der Waals surface area contributed by atoms with Crippen LogP contribution in [0.25, 0.3) is 49.2 Å². The average Bonchev–Trinajstić information content (AvgIpc) is 3.58. The molecule has 2 aliphatic rings. The topological polar surface area (TPSA) is 3.24 Å². The highest BCUT2D eigenvalue weighted by molar-refractivity contribution is 7.20. The molecule has 1 atom stereocenters. The largest absolute Gasteiger partial charge is 0.334 e. The highest BCUT2D eigenvalue weighted by Crippen LogP contribution is 2.54. The minimum absolute atomic E-state index is 0.0580. The van der Waals surface area contributed by atoms with E-state index in [2.05, 4.69) is 164 Å². The van der Waals surface area contributed by atoms with Gasteiger partial charge in [-0.1, -0.05) is 129 Å². The molecule has 0 aliphatic heterocycles. The molecule has 0 spiro atoms. The lowest BCUT2D eigenvalue weighted by atomic mass is 9.82. The van der Waals surface area contributed by atoms with E-state index in [4.69, 9.17) is 0 Å². The van der Waals surface area contributed by atoms with Crippen LogP contribution >= 0.6 is 11.3 Å². The summed E-state index contributed by atoms with van der Waals surface area (Å²) in [4.78, 5) is 4.01. The summed E-state index contributed by atoms with van der Waals surface area (Å²) in [5, 5.41) is 4.09. The third kappa shape index (κ3) is 4.06.